The zero-order chi connectivity index (χ0) is 17.8. The number of carbonyl (C=O) groups is 2. The Morgan fingerprint density at radius 3 is 2.52 bits per heavy atom. The van der Waals surface area contributed by atoms with Gasteiger partial charge < -0.3 is 19.9 Å². The highest BCUT2D eigenvalue weighted by Gasteiger charge is 2.30. The molecule has 0 spiro atoms. The van der Waals surface area contributed by atoms with Crippen molar-refractivity contribution in [1.82, 2.24) is 15.1 Å². The number of nitrogens with one attached hydrogen (secondary N) is 1. The van der Waals surface area contributed by atoms with Crippen LogP contribution in [0.25, 0.3) is 0 Å². The smallest absolute Gasteiger partial charge is 0.254 e. The van der Waals surface area contributed by atoms with E-state index in [9.17, 15) is 9.59 Å². The van der Waals surface area contributed by atoms with Gasteiger partial charge >= 0.3 is 0 Å². The summed E-state index contributed by atoms with van der Waals surface area (Å²) < 4.78 is 5.31. The van der Waals surface area contributed by atoms with Gasteiger partial charge in [-0.25, -0.2) is 0 Å². The predicted octanol–water partition coefficient (Wildman–Crippen LogP) is 1.29. The van der Waals surface area contributed by atoms with Crippen LogP contribution in [0.4, 0.5) is 0 Å². The summed E-state index contributed by atoms with van der Waals surface area (Å²) in [6.45, 7) is 6.14. The topological polar surface area (TPSA) is 61.9 Å². The van der Waals surface area contributed by atoms with Crippen molar-refractivity contribution in [3.8, 4) is 5.75 Å². The molecule has 3 rings (SSSR count). The largest absolute Gasteiger partial charge is 0.496 e. The van der Waals surface area contributed by atoms with Crippen molar-refractivity contribution in [2.24, 2.45) is 5.92 Å². The molecule has 1 aromatic rings. The molecule has 25 heavy (non-hydrogen) atoms. The van der Waals surface area contributed by atoms with Crippen molar-refractivity contribution in [2.75, 3.05) is 46.4 Å². The van der Waals surface area contributed by atoms with Crippen LogP contribution in [0.2, 0.25) is 0 Å². The second-order valence-corrected chi connectivity index (χ2v) is 6.85. The van der Waals surface area contributed by atoms with Crippen molar-refractivity contribution in [2.45, 2.75) is 19.8 Å². The fourth-order valence-corrected chi connectivity index (χ4v) is 3.59. The lowest BCUT2D eigenvalue weighted by molar-refractivity contribution is -0.137. The molecule has 0 bridgehead atoms. The van der Waals surface area contributed by atoms with E-state index in [2.05, 4.69) is 5.32 Å². The average molecular weight is 345 g/mol. The summed E-state index contributed by atoms with van der Waals surface area (Å²) in [5.74, 6) is 1.06. The Bertz CT molecular complexity index is 633. The molecule has 2 heterocycles. The minimum atomic E-state index is 0.00438. The number of hydrogen-bond donors (Lipinski definition) is 1. The fourth-order valence-electron chi connectivity index (χ4n) is 3.59. The molecule has 1 aromatic carbocycles. The van der Waals surface area contributed by atoms with Gasteiger partial charge in [-0.2, -0.15) is 0 Å². The Kier molecular flexibility index (Phi) is 5.58. The maximum atomic E-state index is 12.7. The van der Waals surface area contributed by atoms with Crippen LogP contribution in [0.15, 0.2) is 18.2 Å². The second-order valence-electron chi connectivity index (χ2n) is 6.85. The third-order valence-electron chi connectivity index (χ3n) is 5.18. The lowest BCUT2D eigenvalue weighted by atomic mass is 9.98. The van der Waals surface area contributed by atoms with E-state index in [1.807, 2.05) is 28.9 Å². The first-order valence-corrected chi connectivity index (χ1v) is 9.03. The molecule has 2 aliphatic heterocycles. The summed E-state index contributed by atoms with van der Waals surface area (Å²) in [4.78, 5) is 29.0. The van der Waals surface area contributed by atoms with Crippen LogP contribution in [0.3, 0.4) is 0 Å². The summed E-state index contributed by atoms with van der Waals surface area (Å²) in [6, 6.07) is 5.54. The number of piperazine rings is 1. The molecule has 6 heteroatoms. The van der Waals surface area contributed by atoms with Crippen molar-refractivity contribution in [3.05, 3.63) is 29.3 Å². The molecule has 6 nitrogen and oxygen atoms in total. The van der Waals surface area contributed by atoms with E-state index in [1.54, 1.807) is 13.2 Å². The van der Waals surface area contributed by atoms with Gasteiger partial charge in [0.05, 0.1) is 13.0 Å². The number of ether oxygens (including phenoxy) is 1. The second kappa shape index (κ2) is 7.87. The summed E-state index contributed by atoms with van der Waals surface area (Å²) in [5.41, 5.74) is 1.65. The van der Waals surface area contributed by atoms with Crippen LogP contribution in [-0.2, 0) is 4.79 Å². The first kappa shape index (κ1) is 17.7. The van der Waals surface area contributed by atoms with E-state index in [4.69, 9.17) is 4.74 Å². The Labute approximate surface area is 149 Å². The van der Waals surface area contributed by atoms with Crippen LogP contribution in [0, 0.1) is 12.8 Å². The summed E-state index contributed by atoms with van der Waals surface area (Å²) >= 11 is 0. The minimum absolute atomic E-state index is 0.00438. The fraction of sp³-hybridized carbons (Fsp3) is 0.579. The van der Waals surface area contributed by atoms with Gasteiger partial charge in [0, 0.05) is 38.3 Å². The van der Waals surface area contributed by atoms with Gasteiger partial charge in [0.25, 0.3) is 5.91 Å². The van der Waals surface area contributed by atoms with Crippen LogP contribution in [-0.4, -0.2) is 68.0 Å². The minimum Gasteiger partial charge on any atom is -0.496 e. The van der Waals surface area contributed by atoms with Gasteiger partial charge in [-0.15, -0.1) is 0 Å². The molecule has 0 radical (unpaired) electrons. The van der Waals surface area contributed by atoms with E-state index < -0.39 is 0 Å². The molecule has 2 saturated heterocycles. The van der Waals surface area contributed by atoms with Crippen molar-refractivity contribution >= 4 is 11.8 Å². The highest BCUT2D eigenvalue weighted by molar-refractivity contribution is 5.95. The average Bonchev–Trinajstić information content (AvgIpc) is 2.68. The van der Waals surface area contributed by atoms with Gasteiger partial charge in [0.2, 0.25) is 5.91 Å². The first-order chi connectivity index (χ1) is 12.1. The Balaban J connectivity index is 1.58. The molecular formula is C19H27N3O3. The number of methoxy groups -OCH3 is 1. The van der Waals surface area contributed by atoms with Crippen molar-refractivity contribution in [3.63, 3.8) is 0 Å². The number of amides is 2. The zero-order valence-electron chi connectivity index (χ0n) is 15.1. The molecule has 2 amide bonds. The summed E-state index contributed by atoms with van der Waals surface area (Å²) in [6.07, 6.45) is 2.03. The number of nitrogens with zero attached hydrogens (tertiary/aromatic N) is 2. The number of aryl methyl sites for hydroxylation is 1. The third-order valence-corrected chi connectivity index (χ3v) is 5.18. The maximum absolute atomic E-state index is 12.7. The lowest BCUT2D eigenvalue weighted by Gasteiger charge is -2.37. The van der Waals surface area contributed by atoms with Crippen molar-refractivity contribution in [1.29, 1.82) is 0 Å². The predicted molar refractivity (Wildman–Crippen MR) is 95.8 cm³/mol. The molecule has 136 valence electrons. The molecule has 0 aliphatic carbocycles. The summed E-state index contributed by atoms with van der Waals surface area (Å²) in [5, 5.41) is 3.29. The monoisotopic (exact) mass is 345 g/mol. The van der Waals surface area contributed by atoms with E-state index >= 15 is 0 Å². The molecule has 1 unspecified atom stereocenters. The highest BCUT2D eigenvalue weighted by Crippen LogP contribution is 2.21. The Morgan fingerprint density at radius 1 is 1.16 bits per heavy atom. The van der Waals surface area contributed by atoms with Crippen LogP contribution in [0.5, 0.6) is 5.75 Å². The molecule has 0 saturated carbocycles. The molecule has 2 fully saturated rings. The Hall–Kier alpha value is -2.08. The maximum Gasteiger partial charge on any atom is 0.254 e. The SMILES string of the molecule is COc1cc(C(=O)N2CCN(C(=O)C3CCCNC3)CC2)ccc1C. The number of carbonyl (C=O) groups excluding carboxylic acids is 2. The normalized spacial score (nSPS) is 21.1. The molecule has 0 aromatic heterocycles. The zero-order valence-corrected chi connectivity index (χ0v) is 15.1. The Morgan fingerprint density at radius 2 is 1.88 bits per heavy atom. The molecule has 1 N–H and O–H groups in total. The van der Waals surface area contributed by atoms with Gasteiger partial charge in [0.1, 0.15) is 5.75 Å². The van der Waals surface area contributed by atoms with Gasteiger partial charge in [-0.1, -0.05) is 6.07 Å². The van der Waals surface area contributed by atoms with Gasteiger partial charge in [0.15, 0.2) is 0 Å². The number of hydrogen-bond acceptors (Lipinski definition) is 4. The molecular weight excluding hydrogens is 318 g/mol. The van der Waals surface area contributed by atoms with Crippen LogP contribution in [0.1, 0.15) is 28.8 Å². The van der Waals surface area contributed by atoms with E-state index in [0.717, 1.165) is 37.2 Å². The van der Waals surface area contributed by atoms with Crippen LogP contribution >= 0.6 is 0 Å². The van der Waals surface area contributed by atoms with Crippen LogP contribution < -0.4 is 10.1 Å². The van der Waals surface area contributed by atoms with Gasteiger partial charge in [-0.3, -0.25) is 9.59 Å². The van der Waals surface area contributed by atoms with Gasteiger partial charge in [-0.05, 0) is 44.0 Å². The standard InChI is InChI=1S/C19H27N3O3/c1-14-5-6-15(12-17(14)25-2)18(23)21-8-10-22(11-9-21)19(24)16-4-3-7-20-13-16/h5-6,12,16,20H,3-4,7-11,13H2,1-2H3. The van der Waals surface area contributed by atoms with E-state index in [1.165, 1.54) is 0 Å². The van der Waals surface area contributed by atoms with E-state index in [0.29, 0.717) is 31.7 Å². The third kappa shape index (κ3) is 3.95. The highest BCUT2D eigenvalue weighted by atomic mass is 16.5. The summed E-state index contributed by atoms with van der Waals surface area (Å²) in [7, 11) is 1.61. The first-order valence-electron chi connectivity index (χ1n) is 9.03. The number of piperidine rings is 1. The lowest BCUT2D eigenvalue weighted by Crippen LogP contribution is -2.53. The molecule has 1 atom stereocenters. The van der Waals surface area contributed by atoms with E-state index in [-0.39, 0.29) is 17.7 Å². The number of benzene rings is 1. The quantitative estimate of drug-likeness (QED) is 0.897. The van der Waals surface area contributed by atoms with Crippen molar-refractivity contribution < 1.29 is 14.3 Å². The molecule has 2 aliphatic rings. The number of rotatable bonds is 3.